The van der Waals surface area contributed by atoms with Crippen molar-refractivity contribution in [3.63, 3.8) is 0 Å². The first-order valence-electron chi connectivity index (χ1n) is 8.62. The Balaban J connectivity index is 2.66. The quantitative estimate of drug-likeness (QED) is 0.191. The summed E-state index contributed by atoms with van der Waals surface area (Å²) in [7, 11) is 0. The number of amides is 1. The Morgan fingerprint density at radius 3 is 2.31 bits per heavy atom. The zero-order chi connectivity index (χ0) is 19.4. The van der Waals surface area contributed by atoms with Crippen molar-refractivity contribution >= 4 is 30.3 Å². The molecule has 9 heteroatoms. The van der Waals surface area contributed by atoms with Gasteiger partial charge in [-0.1, -0.05) is 18.5 Å². The second-order valence-electron chi connectivity index (χ2n) is 5.23. The second-order valence-corrected chi connectivity index (χ2v) is 8.17. The van der Waals surface area contributed by atoms with Gasteiger partial charge >= 0.3 is 12.8 Å². The fourth-order valence-corrected chi connectivity index (χ4v) is 3.94. The summed E-state index contributed by atoms with van der Waals surface area (Å²) in [5.41, 5.74) is 1.36. The molecule has 1 rings (SSSR count). The first-order chi connectivity index (χ1) is 12.4. The van der Waals surface area contributed by atoms with Crippen molar-refractivity contribution in [3.05, 3.63) is 29.8 Å². The topological polar surface area (TPSA) is 78.4 Å². The molecule has 0 aliphatic heterocycles. The van der Waals surface area contributed by atoms with Crippen molar-refractivity contribution in [1.82, 2.24) is 5.32 Å². The lowest BCUT2D eigenvalue weighted by molar-refractivity contribution is 0.150. The second kappa shape index (κ2) is 12.0. The van der Waals surface area contributed by atoms with Gasteiger partial charge in [-0.05, 0) is 57.0 Å². The molecule has 0 aromatic heterocycles. The maximum absolute atomic E-state index is 11.5. The Bertz CT molecular complexity index is 627. The molecule has 0 aliphatic carbocycles. The number of nitrogens with one attached hydrogen (secondary N) is 1. The number of benzene rings is 1. The Kier molecular flexibility index (Phi) is 10.4. The molecule has 1 aromatic rings. The molecule has 26 heavy (non-hydrogen) atoms. The molecule has 1 N–H and O–H groups in total. The largest absolute Gasteiger partial charge is 0.433 e. The number of carbonyl (C=O) groups excluding carboxylic acids is 1. The van der Waals surface area contributed by atoms with E-state index in [1.165, 1.54) is 0 Å². The van der Waals surface area contributed by atoms with E-state index in [0.29, 0.717) is 31.2 Å². The van der Waals surface area contributed by atoms with Gasteiger partial charge in [0.2, 0.25) is 0 Å². The van der Waals surface area contributed by atoms with Crippen molar-refractivity contribution in [2.45, 2.75) is 40.5 Å². The van der Waals surface area contributed by atoms with Gasteiger partial charge in [0.25, 0.3) is 0 Å². The highest BCUT2D eigenvalue weighted by Crippen LogP contribution is 2.49. The molecule has 7 nitrogen and oxygen atoms in total. The van der Waals surface area contributed by atoms with E-state index in [0.717, 1.165) is 18.4 Å². The minimum absolute atomic E-state index is 0.415. The first kappa shape index (κ1) is 22.6. The number of unbranched alkanes of at least 4 members (excludes halogenated alkanes) is 1. The summed E-state index contributed by atoms with van der Waals surface area (Å²) in [5, 5.41) is 6.46. The van der Waals surface area contributed by atoms with Gasteiger partial charge in [-0.2, -0.15) is 0 Å². The zero-order valence-corrected chi connectivity index (χ0v) is 17.4. The van der Waals surface area contributed by atoms with Gasteiger partial charge < -0.3 is 9.84 Å². The minimum atomic E-state index is -2.79. The first-order valence-corrected chi connectivity index (χ1v) is 11.2. The molecule has 0 spiro atoms. The molecule has 0 radical (unpaired) electrons. The lowest BCUT2D eigenvalue weighted by atomic mass is 10.1. The highest BCUT2D eigenvalue weighted by Gasteiger charge is 2.21. The Morgan fingerprint density at radius 2 is 1.77 bits per heavy atom. The summed E-state index contributed by atoms with van der Waals surface area (Å²) in [6, 6.07) is 7.08. The third-order valence-electron chi connectivity index (χ3n) is 3.13. The normalized spacial score (nSPS) is 11.9. The van der Waals surface area contributed by atoms with Gasteiger partial charge in [0.15, 0.2) is 0 Å². The van der Waals surface area contributed by atoms with E-state index >= 15 is 0 Å². The van der Waals surface area contributed by atoms with Crippen LogP contribution in [0.3, 0.4) is 0 Å². The maximum Gasteiger partial charge on any atom is 0.433 e. The van der Waals surface area contributed by atoms with Crippen molar-refractivity contribution < 1.29 is 23.2 Å². The van der Waals surface area contributed by atoms with Crippen LogP contribution in [0.4, 0.5) is 4.79 Å². The molecule has 0 aliphatic rings. The summed E-state index contributed by atoms with van der Waals surface area (Å²) in [6.07, 6.45) is 1.33. The van der Waals surface area contributed by atoms with Crippen LogP contribution < -0.4 is 9.84 Å². The van der Waals surface area contributed by atoms with Gasteiger partial charge in [0, 0.05) is 18.4 Å². The van der Waals surface area contributed by atoms with Gasteiger partial charge in [0.05, 0.1) is 18.9 Å². The average Bonchev–Trinajstić information content (AvgIpc) is 2.61. The van der Waals surface area contributed by atoms with Gasteiger partial charge in [0.1, 0.15) is 5.75 Å². The molecule has 0 unspecified atom stereocenters. The SMILES string of the molecule is CCCCNC(=O)ON=C(C)c1ccc(OP(=S)(OCC)OCC)cc1. The predicted octanol–water partition coefficient (Wildman–Crippen LogP) is 4.61. The fourth-order valence-electron chi connectivity index (χ4n) is 1.85. The predicted molar refractivity (Wildman–Crippen MR) is 106 cm³/mol. The monoisotopic (exact) mass is 402 g/mol. The van der Waals surface area contributed by atoms with E-state index in [2.05, 4.69) is 10.5 Å². The smallest absolute Gasteiger partial charge is 0.424 e. The van der Waals surface area contributed by atoms with Crippen LogP contribution in [0.1, 0.15) is 46.1 Å². The van der Waals surface area contributed by atoms with E-state index in [1.54, 1.807) is 31.2 Å². The van der Waals surface area contributed by atoms with E-state index in [9.17, 15) is 4.79 Å². The van der Waals surface area contributed by atoms with Crippen LogP contribution in [-0.2, 0) is 25.7 Å². The summed E-state index contributed by atoms with van der Waals surface area (Å²) in [4.78, 5) is 16.3. The summed E-state index contributed by atoms with van der Waals surface area (Å²) < 4.78 is 16.6. The number of hydrogen-bond donors (Lipinski definition) is 1. The van der Waals surface area contributed by atoms with Crippen LogP contribution >= 0.6 is 6.72 Å². The number of hydrogen-bond acceptors (Lipinski definition) is 7. The van der Waals surface area contributed by atoms with Gasteiger partial charge in [-0.25, -0.2) is 4.79 Å². The van der Waals surface area contributed by atoms with E-state index < -0.39 is 12.8 Å². The van der Waals surface area contributed by atoms with Crippen LogP contribution in [0, 0.1) is 0 Å². The summed E-state index contributed by atoms with van der Waals surface area (Å²) in [5.74, 6) is 0.546. The van der Waals surface area contributed by atoms with E-state index in [4.69, 9.17) is 30.2 Å². The summed E-state index contributed by atoms with van der Waals surface area (Å²) in [6.45, 7) is 6.08. The number of nitrogens with zero attached hydrogens (tertiary/aromatic N) is 1. The lowest BCUT2D eigenvalue weighted by Gasteiger charge is -2.21. The van der Waals surface area contributed by atoms with E-state index in [1.807, 2.05) is 20.8 Å². The van der Waals surface area contributed by atoms with Gasteiger partial charge in [-0.3, -0.25) is 13.9 Å². The maximum atomic E-state index is 11.5. The molecule has 1 aromatic carbocycles. The highest BCUT2D eigenvalue weighted by atomic mass is 32.5. The third kappa shape index (κ3) is 8.27. The van der Waals surface area contributed by atoms with Crippen molar-refractivity contribution in [3.8, 4) is 5.75 Å². The standard InChI is InChI=1S/C17H27N2O5PS/c1-5-8-13-18-17(20)23-19-14(4)15-9-11-16(12-10-15)24-25(26,21-6-2)22-7-3/h9-12H,5-8,13H2,1-4H3,(H,18,20). The van der Waals surface area contributed by atoms with Crippen molar-refractivity contribution in [1.29, 1.82) is 0 Å². The molecule has 1 amide bonds. The van der Waals surface area contributed by atoms with Crippen LogP contribution in [0.2, 0.25) is 0 Å². The van der Waals surface area contributed by atoms with Crippen molar-refractivity contribution in [2.24, 2.45) is 5.16 Å². The van der Waals surface area contributed by atoms with Gasteiger partial charge in [-0.15, -0.1) is 0 Å². The molecular formula is C17H27N2O5PS. The fraction of sp³-hybridized carbons (Fsp3) is 0.529. The molecule has 0 bridgehead atoms. The molecule has 0 fully saturated rings. The third-order valence-corrected chi connectivity index (χ3v) is 5.57. The molecule has 146 valence electrons. The average molecular weight is 402 g/mol. The van der Waals surface area contributed by atoms with E-state index in [-0.39, 0.29) is 0 Å². The zero-order valence-electron chi connectivity index (χ0n) is 15.7. The Hall–Kier alpha value is -1.47. The molecule has 0 heterocycles. The Labute approximate surface area is 160 Å². The Morgan fingerprint density at radius 1 is 1.15 bits per heavy atom. The molecular weight excluding hydrogens is 375 g/mol. The van der Waals surface area contributed by atoms with Crippen LogP contribution in [0.15, 0.2) is 29.4 Å². The van der Waals surface area contributed by atoms with Crippen molar-refractivity contribution in [2.75, 3.05) is 19.8 Å². The van der Waals surface area contributed by atoms with Crippen LogP contribution in [-0.4, -0.2) is 31.6 Å². The highest BCUT2D eigenvalue weighted by molar-refractivity contribution is 8.07. The lowest BCUT2D eigenvalue weighted by Crippen LogP contribution is -2.24. The number of rotatable bonds is 11. The number of carbonyl (C=O) groups is 1. The molecule has 0 atom stereocenters. The number of oxime groups is 1. The molecule has 0 saturated heterocycles. The summed E-state index contributed by atoms with van der Waals surface area (Å²) >= 11 is 5.34. The molecule has 0 saturated carbocycles. The minimum Gasteiger partial charge on any atom is -0.424 e. The van der Waals surface area contributed by atoms with Crippen LogP contribution in [0.25, 0.3) is 0 Å². The van der Waals surface area contributed by atoms with Crippen LogP contribution in [0.5, 0.6) is 5.75 Å².